The van der Waals surface area contributed by atoms with Gasteiger partial charge in [0.1, 0.15) is 0 Å². The molecule has 2 aromatic rings. The molecule has 2 heterocycles. The highest BCUT2D eigenvalue weighted by atomic mass is 16.3. The molecule has 0 aliphatic heterocycles. The molecule has 0 fully saturated rings. The van der Waals surface area contributed by atoms with Crippen molar-refractivity contribution in [3.63, 3.8) is 0 Å². The summed E-state index contributed by atoms with van der Waals surface area (Å²) in [5.74, 6) is 0. The van der Waals surface area contributed by atoms with Crippen LogP contribution in [0.15, 0.2) is 41.6 Å². The first-order valence-electron chi connectivity index (χ1n) is 4.89. The summed E-state index contributed by atoms with van der Waals surface area (Å²) in [7, 11) is 0. The van der Waals surface area contributed by atoms with Crippen LogP contribution in [0.1, 0.15) is 0 Å². The number of hydrogen-bond donors (Lipinski definition) is 1. The Hall–Kier alpha value is -2.01. The van der Waals surface area contributed by atoms with Crippen LogP contribution < -0.4 is 5.56 Å². The fourth-order valence-corrected chi connectivity index (χ4v) is 1.44. The van der Waals surface area contributed by atoms with Crippen molar-refractivity contribution in [2.75, 3.05) is 6.61 Å². The Kier molecular flexibility index (Phi) is 3.07. The highest BCUT2D eigenvalue weighted by Crippen LogP contribution is 2.14. The van der Waals surface area contributed by atoms with Gasteiger partial charge in [0.15, 0.2) is 0 Å². The van der Waals surface area contributed by atoms with Gasteiger partial charge in [-0.25, -0.2) is 0 Å². The third kappa shape index (κ3) is 2.14. The molecular formula is C11H11N3O2. The summed E-state index contributed by atoms with van der Waals surface area (Å²) in [4.78, 5) is 11.6. The summed E-state index contributed by atoms with van der Waals surface area (Å²) in [5.41, 5.74) is 1.51. The molecule has 0 amide bonds. The highest BCUT2D eigenvalue weighted by molar-refractivity contribution is 5.60. The molecule has 5 nitrogen and oxygen atoms in total. The molecular weight excluding hydrogens is 206 g/mol. The van der Waals surface area contributed by atoms with E-state index >= 15 is 0 Å². The molecule has 0 saturated carbocycles. The van der Waals surface area contributed by atoms with E-state index in [9.17, 15) is 4.79 Å². The van der Waals surface area contributed by atoms with E-state index in [2.05, 4.69) is 10.2 Å². The van der Waals surface area contributed by atoms with Crippen LogP contribution >= 0.6 is 0 Å². The van der Waals surface area contributed by atoms with Crippen LogP contribution in [-0.2, 0) is 6.54 Å². The van der Waals surface area contributed by atoms with Crippen molar-refractivity contribution in [1.82, 2.24) is 14.8 Å². The molecule has 0 saturated heterocycles. The quantitative estimate of drug-likeness (QED) is 0.802. The zero-order chi connectivity index (χ0) is 11.4. The molecule has 0 atom stereocenters. The third-order valence-corrected chi connectivity index (χ3v) is 2.25. The fraction of sp³-hybridized carbons (Fsp3) is 0.182. The lowest BCUT2D eigenvalue weighted by molar-refractivity contribution is 0.274. The maximum atomic E-state index is 11.6. The normalized spacial score (nSPS) is 10.3. The Morgan fingerprint density at radius 1 is 1.25 bits per heavy atom. The predicted molar refractivity (Wildman–Crippen MR) is 58.8 cm³/mol. The Morgan fingerprint density at radius 3 is 2.75 bits per heavy atom. The first kappa shape index (κ1) is 10.5. The molecule has 5 heteroatoms. The molecule has 0 aliphatic carbocycles. The SMILES string of the molecule is O=c1cc(-c2ccnnc2)ccn1CCO. The second-order valence-corrected chi connectivity index (χ2v) is 3.30. The highest BCUT2D eigenvalue weighted by Gasteiger charge is 2.00. The zero-order valence-corrected chi connectivity index (χ0v) is 8.58. The molecule has 2 aromatic heterocycles. The van der Waals surface area contributed by atoms with Gasteiger partial charge in [-0.1, -0.05) is 0 Å². The number of aliphatic hydroxyl groups excluding tert-OH is 1. The largest absolute Gasteiger partial charge is 0.395 e. The monoisotopic (exact) mass is 217 g/mol. The average Bonchev–Trinajstić information content (AvgIpc) is 2.33. The Labute approximate surface area is 92.0 Å². The van der Waals surface area contributed by atoms with E-state index in [4.69, 9.17) is 5.11 Å². The molecule has 2 rings (SSSR count). The van der Waals surface area contributed by atoms with E-state index in [1.807, 2.05) is 6.07 Å². The van der Waals surface area contributed by atoms with Crippen LogP contribution in [-0.4, -0.2) is 26.5 Å². The zero-order valence-electron chi connectivity index (χ0n) is 8.58. The number of rotatable bonds is 3. The van der Waals surface area contributed by atoms with E-state index in [1.54, 1.807) is 24.7 Å². The van der Waals surface area contributed by atoms with Gasteiger partial charge in [-0.05, 0) is 17.7 Å². The molecule has 0 unspecified atom stereocenters. The first-order valence-corrected chi connectivity index (χ1v) is 4.89. The summed E-state index contributed by atoms with van der Waals surface area (Å²) in [5, 5.41) is 16.2. The molecule has 0 bridgehead atoms. The van der Waals surface area contributed by atoms with Crippen LogP contribution in [0.2, 0.25) is 0 Å². The topological polar surface area (TPSA) is 68.0 Å². The van der Waals surface area contributed by atoms with Gasteiger partial charge in [0.05, 0.1) is 19.0 Å². The molecule has 0 aromatic carbocycles. The van der Waals surface area contributed by atoms with E-state index in [0.717, 1.165) is 11.1 Å². The van der Waals surface area contributed by atoms with E-state index in [-0.39, 0.29) is 12.2 Å². The minimum atomic E-state index is -0.136. The van der Waals surface area contributed by atoms with Crippen molar-refractivity contribution >= 4 is 0 Å². The molecule has 0 aliphatic rings. The average molecular weight is 217 g/mol. The second-order valence-electron chi connectivity index (χ2n) is 3.30. The van der Waals surface area contributed by atoms with Crippen LogP contribution in [0.25, 0.3) is 11.1 Å². The van der Waals surface area contributed by atoms with Crippen molar-refractivity contribution in [2.45, 2.75) is 6.54 Å². The van der Waals surface area contributed by atoms with Gasteiger partial charge in [-0.2, -0.15) is 10.2 Å². The van der Waals surface area contributed by atoms with Crippen LogP contribution in [0.3, 0.4) is 0 Å². The van der Waals surface area contributed by atoms with E-state index in [1.165, 1.54) is 10.6 Å². The van der Waals surface area contributed by atoms with Gasteiger partial charge < -0.3 is 9.67 Å². The Bertz CT molecular complexity index is 522. The van der Waals surface area contributed by atoms with Crippen molar-refractivity contribution in [2.24, 2.45) is 0 Å². The third-order valence-electron chi connectivity index (χ3n) is 2.25. The number of aromatic nitrogens is 3. The summed E-state index contributed by atoms with van der Waals surface area (Å²) in [6.45, 7) is 0.268. The molecule has 82 valence electrons. The Balaban J connectivity index is 2.39. The van der Waals surface area contributed by atoms with E-state index in [0.29, 0.717) is 6.54 Å². The molecule has 0 spiro atoms. The second kappa shape index (κ2) is 4.67. The van der Waals surface area contributed by atoms with Crippen molar-refractivity contribution < 1.29 is 5.11 Å². The lowest BCUT2D eigenvalue weighted by Crippen LogP contribution is -2.20. The maximum Gasteiger partial charge on any atom is 0.251 e. The molecule has 1 N–H and O–H groups in total. The predicted octanol–water partition coefficient (Wildman–Crippen LogP) is 0.298. The van der Waals surface area contributed by atoms with E-state index < -0.39 is 0 Å². The fourth-order valence-electron chi connectivity index (χ4n) is 1.44. The minimum Gasteiger partial charge on any atom is -0.395 e. The minimum absolute atomic E-state index is 0.0456. The van der Waals surface area contributed by atoms with Gasteiger partial charge >= 0.3 is 0 Å². The first-order chi connectivity index (χ1) is 7.81. The van der Waals surface area contributed by atoms with Gasteiger partial charge in [-0.15, -0.1) is 0 Å². The molecule has 0 radical (unpaired) electrons. The van der Waals surface area contributed by atoms with Crippen molar-refractivity contribution in [1.29, 1.82) is 0 Å². The lowest BCUT2D eigenvalue weighted by atomic mass is 10.1. The number of pyridine rings is 1. The van der Waals surface area contributed by atoms with Crippen molar-refractivity contribution in [3.8, 4) is 11.1 Å². The van der Waals surface area contributed by atoms with Gasteiger partial charge in [-0.3, -0.25) is 4.79 Å². The van der Waals surface area contributed by atoms with Gasteiger partial charge in [0, 0.05) is 24.4 Å². The molecule has 16 heavy (non-hydrogen) atoms. The van der Waals surface area contributed by atoms with Gasteiger partial charge in [0.2, 0.25) is 0 Å². The van der Waals surface area contributed by atoms with Crippen molar-refractivity contribution in [3.05, 3.63) is 47.1 Å². The maximum absolute atomic E-state index is 11.6. The smallest absolute Gasteiger partial charge is 0.251 e. The van der Waals surface area contributed by atoms with Crippen LogP contribution in [0.4, 0.5) is 0 Å². The summed E-state index contributed by atoms with van der Waals surface area (Å²) in [6.07, 6.45) is 4.84. The number of nitrogens with zero attached hydrogens (tertiary/aromatic N) is 3. The van der Waals surface area contributed by atoms with Crippen LogP contribution in [0, 0.1) is 0 Å². The Morgan fingerprint density at radius 2 is 2.12 bits per heavy atom. The summed E-state index contributed by atoms with van der Waals surface area (Å²) < 4.78 is 1.46. The summed E-state index contributed by atoms with van der Waals surface area (Å²) in [6, 6.07) is 5.12. The van der Waals surface area contributed by atoms with Gasteiger partial charge in [0.25, 0.3) is 5.56 Å². The summed E-state index contributed by atoms with van der Waals surface area (Å²) >= 11 is 0. The number of aliphatic hydroxyl groups is 1. The lowest BCUT2D eigenvalue weighted by Gasteiger charge is -2.04. The number of hydrogen-bond acceptors (Lipinski definition) is 4. The standard InChI is InChI=1S/C11H11N3O2/c15-6-5-14-4-2-9(7-11(14)16)10-1-3-12-13-8-10/h1-4,7-8,15H,5-6H2. The van der Waals surface area contributed by atoms with Crippen LogP contribution in [0.5, 0.6) is 0 Å².